The molecule has 4 N–H and O–H groups in total. The van der Waals surface area contributed by atoms with Crippen LogP contribution in [0, 0.1) is 5.92 Å². The van der Waals surface area contributed by atoms with Gasteiger partial charge in [0.25, 0.3) is 0 Å². The predicted octanol–water partition coefficient (Wildman–Crippen LogP) is 0.0113. The lowest BCUT2D eigenvalue weighted by Crippen LogP contribution is -2.35. The van der Waals surface area contributed by atoms with Crippen LogP contribution in [-0.2, 0) is 21.4 Å². The van der Waals surface area contributed by atoms with Crippen LogP contribution in [0.3, 0.4) is 0 Å². The summed E-state index contributed by atoms with van der Waals surface area (Å²) in [7, 11) is -3.49. The molecule has 1 aliphatic carbocycles. The molecule has 0 atom stereocenters. The van der Waals surface area contributed by atoms with Gasteiger partial charge in [-0.25, -0.2) is 13.1 Å². The molecule has 1 aliphatic rings. The zero-order valence-corrected chi connectivity index (χ0v) is 12.0. The van der Waals surface area contributed by atoms with Gasteiger partial charge in [0.2, 0.25) is 15.9 Å². The summed E-state index contributed by atoms with van der Waals surface area (Å²) in [6.07, 6.45) is 1.88. The van der Waals surface area contributed by atoms with Gasteiger partial charge in [-0.05, 0) is 25.0 Å². The molecular weight excluding hydrogens is 286 g/mol. The van der Waals surface area contributed by atoms with Crippen molar-refractivity contribution in [2.75, 3.05) is 13.1 Å². The molecule has 0 aliphatic heterocycles. The molecule has 1 heterocycles. The van der Waals surface area contributed by atoms with Crippen molar-refractivity contribution in [1.82, 2.24) is 10.0 Å². The molecule has 106 valence electrons. The highest BCUT2D eigenvalue weighted by Gasteiger charge is 2.29. The predicted molar refractivity (Wildman–Crippen MR) is 73.1 cm³/mol. The number of thiophene rings is 1. The van der Waals surface area contributed by atoms with Crippen molar-refractivity contribution in [2.45, 2.75) is 23.6 Å². The average molecular weight is 303 g/mol. The topological polar surface area (TPSA) is 101 Å². The van der Waals surface area contributed by atoms with Gasteiger partial charge in [0, 0.05) is 30.4 Å². The monoisotopic (exact) mass is 303 g/mol. The van der Waals surface area contributed by atoms with Crippen LogP contribution in [0.25, 0.3) is 0 Å². The van der Waals surface area contributed by atoms with Crippen molar-refractivity contribution in [3.8, 4) is 0 Å². The number of rotatable bonds is 7. The summed E-state index contributed by atoms with van der Waals surface area (Å²) >= 11 is 1.16. The summed E-state index contributed by atoms with van der Waals surface area (Å²) in [6, 6.07) is 3.24. The Kier molecular flexibility index (Phi) is 4.56. The first-order chi connectivity index (χ1) is 9.03. The molecule has 8 heteroatoms. The third-order valence-corrected chi connectivity index (χ3v) is 5.83. The third-order valence-electron chi connectivity index (χ3n) is 2.77. The van der Waals surface area contributed by atoms with Gasteiger partial charge in [-0.15, -0.1) is 11.3 Å². The van der Waals surface area contributed by atoms with Crippen molar-refractivity contribution < 1.29 is 13.2 Å². The second-order valence-electron chi connectivity index (χ2n) is 4.39. The van der Waals surface area contributed by atoms with E-state index in [0.29, 0.717) is 13.1 Å². The van der Waals surface area contributed by atoms with Crippen LogP contribution in [0.2, 0.25) is 0 Å². The molecule has 1 saturated carbocycles. The Morgan fingerprint density at radius 3 is 2.68 bits per heavy atom. The lowest BCUT2D eigenvalue weighted by molar-refractivity contribution is -0.122. The van der Waals surface area contributed by atoms with Gasteiger partial charge in [0.05, 0.1) is 0 Å². The maximum atomic E-state index is 11.9. The van der Waals surface area contributed by atoms with Crippen molar-refractivity contribution in [1.29, 1.82) is 0 Å². The molecule has 0 bridgehead atoms. The zero-order valence-electron chi connectivity index (χ0n) is 10.4. The summed E-state index contributed by atoms with van der Waals surface area (Å²) in [4.78, 5) is 12.2. The van der Waals surface area contributed by atoms with E-state index in [1.807, 2.05) is 0 Å². The Labute approximate surface area is 116 Å². The summed E-state index contributed by atoms with van der Waals surface area (Å²) < 4.78 is 26.5. The minimum Gasteiger partial charge on any atom is -0.355 e. The minimum atomic E-state index is -3.49. The molecule has 0 radical (unpaired) electrons. The zero-order chi connectivity index (χ0) is 13.9. The van der Waals surface area contributed by atoms with Crippen molar-refractivity contribution >= 4 is 27.3 Å². The summed E-state index contributed by atoms with van der Waals surface area (Å²) in [5.41, 5.74) is 5.44. The van der Waals surface area contributed by atoms with Crippen LogP contribution < -0.4 is 15.8 Å². The first-order valence-corrected chi connectivity index (χ1v) is 8.39. The van der Waals surface area contributed by atoms with E-state index < -0.39 is 10.0 Å². The number of sulfonamides is 1. The van der Waals surface area contributed by atoms with Crippen LogP contribution >= 0.6 is 11.3 Å². The Hall–Kier alpha value is -0.960. The van der Waals surface area contributed by atoms with Gasteiger partial charge in [-0.2, -0.15) is 0 Å². The number of amides is 1. The maximum absolute atomic E-state index is 11.9. The number of hydrogen-bond donors (Lipinski definition) is 3. The van der Waals surface area contributed by atoms with E-state index in [0.717, 1.165) is 29.1 Å². The quantitative estimate of drug-likeness (QED) is 0.618. The molecule has 1 aromatic heterocycles. The Morgan fingerprint density at radius 2 is 2.11 bits per heavy atom. The van der Waals surface area contributed by atoms with Crippen LogP contribution in [0.15, 0.2) is 16.3 Å². The van der Waals surface area contributed by atoms with Gasteiger partial charge in [-0.3, -0.25) is 4.79 Å². The number of nitrogens with two attached hydrogens (primary N) is 1. The minimum absolute atomic E-state index is 0.0146. The van der Waals surface area contributed by atoms with Crippen molar-refractivity contribution in [2.24, 2.45) is 11.7 Å². The average Bonchev–Trinajstić information content (AvgIpc) is 3.11. The molecule has 6 nitrogen and oxygen atoms in total. The fourth-order valence-corrected chi connectivity index (χ4v) is 3.86. The summed E-state index contributed by atoms with van der Waals surface area (Å²) in [5, 5.41) is 2.70. The molecular formula is C11H17N3O3S2. The van der Waals surface area contributed by atoms with Crippen LogP contribution in [-0.4, -0.2) is 27.4 Å². The largest absolute Gasteiger partial charge is 0.355 e. The van der Waals surface area contributed by atoms with E-state index in [1.165, 1.54) is 6.07 Å². The molecule has 1 amide bonds. The molecule has 2 rings (SSSR count). The number of nitrogens with one attached hydrogen (secondary N) is 2. The normalized spacial score (nSPS) is 15.4. The van der Waals surface area contributed by atoms with E-state index in [1.54, 1.807) is 6.07 Å². The summed E-state index contributed by atoms with van der Waals surface area (Å²) in [6.45, 7) is 0.831. The molecule has 1 aromatic rings. The first-order valence-electron chi connectivity index (χ1n) is 6.09. The third kappa shape index (κ3) is 4.00. The first kappa shape index (κ1) is 14.4. The molecule has 0 saturated heterocycles. The van der Waals surface area contributed by atoms with E-state index in [4.69, 9.17) is 5.73 Å². The highest BCUT2D eigenvalue weighted by molar-refractivity contribution is 7.91. The Bertz CT molecular complexity index is 549. The van der Waals surface area contributed by atoms with Crippen molar-refractivity contribution in [3.05, 3.63) is 17.0 Å². The van der Waals surface area contributed by atoms with Crippen molar-refractivity contribution in [3.63, 3.8) is 0 Å². The van der Waals surface area contributed by atoms with Gasteiger partial charge >= 0.3 is 0 Å². The fraction of sp³-hybridized carbons (Fsp3) is 0.545. The number of hydrogen-bond acceptors (Lipinski definition) is 5. The van der Waals surface area contributed by atoms with Gasteiger partial charge < -0.3 is 11.1 Å². The van der Waals surface area contributed by atoms with Gasteiger partial charge in [-0.1, -0.05) is 0 Å². The molecule has 19 heavy (non-hydrogen) atoms. The van der Waals surface area contributed by atoms with Crippen LogP contribution in [0.4, 0.5) is 0 Å². The highest BCUT2D eigenvalue weighted by Crippen LogP contribution is 2.28. The van der Waals surface area contributed by atoms with E-state index in [-0.39, 0.29) is 22.6 Å². The smallest absolute Gasteiger partial charge is 0.250 e. The second-order valence-corrected chi connectivity index (χ2v) is 7.55. The van der Waals surface area contributed by atoms with Crippen LogP contribution in [0.5, 0.6) is 0 Å². The van der Waals surface area contributed by atoms with Gasteiger partial charge in [0.15, 0.2) is 0 Å². The lowest BCUT2D eigenvalue weighted by atomic mass is 10.4. The Balaban J connectivity index is 1.78. The van der Waals surface area contributed by atoms with Gasteiger partial charge in [0.1, 0.15) is 4.21 Å². The lowest BCUT2D eigenvalue weighted by Gasteiger charge is -2.06. The number of carbonyl (C=O) groups is 1. The molecule has 0 unspecified atom stereocenters. The second kappa shape index (κ2) is 6.00. The maximum Gasteiger partial charge on any atom is 0.250 e. The standard InChI is InChI=1S/C11H17N3O3S2/c12-7-9-3-4-10(18-9)19(16,17)14-6-5-13-11(15)8-1-2-8/h3-4,8,14H,1-2,5-7,12H2,(H,13,15). The van der Waals surface area contributed by atoms with E-state index >= 15 is 0 Å². The number of carbonyl (C=O) groups excluding carboxylic acids is 1. The van der Waals surface area contributed by atoms with E-state index in [9.17, 15) is 13.2 Å². The molecule has 1 fully saturated rings. The molecule has 0 spiro atoms. The van der Waals surface area contributed by atoms with E-state index in [2.05, 4.69) is 10.0 Å². The highest BCUT2D eigenvalue weighted by atomic mass is 32.2. The Morgan fingerprint density at radius 1 is 1.37 bits per heavy atom. The summed E-state index contributed by atoms with van der Waals surface area (Å²) in [5.74, 6) is 0.154. The molecule has 0 aromatic carbocycles. The SMILES string of the molecule is NCc1ccc(S(=O)(=O)NCCNC(=O)C2CC2)s1. The fourth-order valence-electron chi connectivity index (χ4n) is 1.54. The van der Waals surface area contributed by atoms with Crippen LogP contribution in [0.1, 0.15) is 17.7 Å².